The van der Waals surface area contributed by atoms with Crippen molar-refractivity contribution in [3.05, 3.63) is 24.3 Å². The minimum absolute atomic E-state index is 0. The summed E-state index contributed by atoms with van der Waals surface area (Å²) in [5, 5.41) is 0. The Morgan fingerprint density at radius 3 is 1.27 bits per heavy atom. The first-order valence-corrected chi connectivity index (χ1v) is 3.05. The maximum absolute atomic E-state index is 4.96. The molecule has 0 saturated carbocycles. The summed E-state index contributed by atoms with van der Waals surface area (Å²) in [6.07, 6.45) is 0. The van der Waals surface area contributed by atoms with Crippen LogP contribution in [0.15, 0.2) is 24.3 Å². The SMILES string of the molecule is COc1ccc(OC)cc1.N. The molecule has 0 bridgehead atoms. The van der Waals surface area contributed by atoms with Crippen LogP contribution in [0.25, 0.3) is 0 Å². The first kappa shape index (κ1) is 9.78. The van der Waals surface area contributed by atoms with E-state index in [0.717, 1.165) is 11.5 Å². The van der Waals surface area contributed by atoms with Crippen LogP contribution in [0.4, 0.5) is 0 Å². The maximum atomic E-state index is 4.96. The van der Waals surface area contributed by atoms with Crippen molar-refractivity contribution in [2.24, 2.45) is 0 Å². The predicted molar refractivity (Wildman–Crippen MR) is 44.6 cm³/mol. The minimum atomic E-state index is 0. The highest BCUT2D eigenvalue weighted by atomic mass is 16.5. The van der Waals surface area contributed by atoms with Crippen molar-refractivity contribution in [3.63, 3.8) is 0 Å². The van der Waals surface area contributed by atoms with Crippen LogP contribution in [0, 0.1) is 0 Å². The highest BCUT2D eigenvalue weighted by Crippen LogP contribution is 2.15. The normalized spacial score (nSPS) is 8.18. The van der Waals surface area contributed by atoms with Gasteiger partial charge in [-0.15, -0.1) is 0 Å². The molecule has 0 aliphatic rings. The molecular weight excluding hydrogens is 142 g/mol. The van der Waals surface area contributed by atoms with Gasteiger partial charge in [-0.05, 0) is 24.3 Å². The molecule has 0 heterocycles. The van der Waals surface area contributed by atoms with Crippen molar-refractivity contribution in [2.45, 2.75) is 0 Å². The Hall–Kier alpha value is -1.22. The van der Waals surface area contributed by atoms with Gasteiger partial charge in [0.05, 0.1) is 14.2 Å². The molecule has 3 heteroatoms. The molecule has 0 unspecified atom stereocenters. The smallest absolute Gasteiger partial charge is 0.119 e. The van der Waals surface area contributed by atoms with Gasteiger partial charge in [0.1, 0.15) is 11.5 Å². The van der Waals surface area contributed by atoms with E-state index < -0.39 is 0 Å². The second kappa shape index (κ2) is 4.57. The molecule has 0 spiro atoms. The molecule has 62 valence electrons. The van der Waals surface area contributed by atoms with E-state index in [1.807, 2.05) is 24.3 Å². The van der Waals surface area contributed by atoms with Crippen molar-refractivity contribution in [2.75, 3.05) is 14.2 Å². The quantitative estimate of drug-likeness (QED) is 0.709. The Balaban J connectivity index is 0.000001000. The van der Waals surface area contributed by atoms with Gasteiger partial charge in [-0.25, -0.2) is 0 Å². The van der Waals surface area contributed by atoms with E-state index in [9.17, 15) is 0 Å². The van der Waals surface area contributed by atoms with Crippen molar-refractivity contribution < 1.29 is 9.47 Å². The number of ether oxygens (including phenoxy) is 2. The number of hydrogen-bond acceptors (Lipinski definition) is 3. The first-order chi connectivity index (χ1) is 4.86. The molecule has 0 amide bonds. The maximum Gasteiger partial charge on any atom is 0.119 e. The summed E-state index contributed by atoms with van der Waals surface area (Å²) >= 11 is 0. The van der Waals surface area contributed by atoms with Gasteiger partial charge >= 0.3 is 0 Å². The van der Waals surface area contributed by atoms with E-state index in [0.29, 0.717) is 0 Å². The third kappa shape index (κ3) is 2.47. The third-order valence-electron chi connectivity index (χ3n) is 1.30. The van der Waals surface area contributed by atoms with Gasteiger partial charge in [0.2, 0.25) is 0 Å². The summed E-state index contributed by atoms with van der Waals surface area (Å²) in [6.45, 7) is 0. The van der Waals surface area contributed by atoms with Crippen molar-refractivity contribution in [3.8, 4) is 11.5 Å². The van der Waals surface area contributed by atoms with Crippen LogP contribution < -0.4 is 15.6 Å². The molecule has 0 aliphatic heterocycles. The van der Waals surface area contributed by atoms with Crippen LogP contribution >= 0.6 is 0 Å². The van der Waals surface area contributed by atoms with E-state index in [2.05, 4.69) is 0 Å². The summed E-state index contributed by atoms with van der Waals surface area (Å²) in [7, 11) is 3.28. The molecule has 0 radical (unpaired) electrons. The van der Waals surface area contributed by atoms with Crippen molar-refractivity contribution in [1.29, 1.82) is 0 Å². The Bertz CT molecular complexity index is 173. The fourth-order valence-electron chi connectivity index (χ4n) is 0.712. The van der Waals surface area contributed by atoms with E-state index >= 15 is 0 Å². The summed E-state index contributed by atoms with van der Waals surface area (Å²) in [6, 6.07) is 7.44. The lowest BCUT2D eigenvalue weighted by molar-refractivity contribution is 0.403. The van der Waals surface area contributed by atoms with Gasteiger partial charge in [-0.2, -0.15) is 0 Å². The van der Waals surface area contributed by atoms with E-state index in [-0.39, 0.29) is 6.15 Å². The van der Waals surface area contributed by atoms with E-state index in [1.165, 1.54) is 0 Å². The number of methoxy groups -OCH3 is 2. The monoisotopic (exact) mass is 155 g/mol. The average Bonchev–Trinajstić information content (AvgIpc) is 2.05. The van der Waals surface area contributed by atoms with Gasteiger partial charge < -0.3 is 15.6 Å². The molecule has 3 N–H and O–H groups in total. The van der Waals surface area contributed by atoms with Crippen molar-refractivity contribution in [1.82, 2.24) is 6.15 Å². The zero-order chi connectivity index (χ0) is 7.40. The van der Waals surface area contributed by atoms with Crippen LogP contribution in [0.2, 0.25) is 0 Å². The number of hydrogen-bond donors (Lipinski definition) is 1. The molecule has 0 atom stereocenters. The molecule has 0 aromatic heterocycles. The Labute approximate surface area is 66.5 Å². The van der Waals surface area contributed by atoms with Crippen LogP contribution in [-0.4, -0.2) is 14.2 Å². The second-order valence-electron chi connectivity index (χ2n) is 1.88. The molecular formula is C8H13NO2. The Kier molecular flexibility index (Phi) is 4.07. The fraction of sp³-hybridized carbons (Fsp3) is 0.250. The highest BCUT2D eigenvalue weighted by Gasteiger charge is 1.89. The van der Waals surface area contributed by atoms with Crippen LogP contribution in [-0.2, 0) is 0 Å². The number of rotatable bonds is 2. The first-order valence-electron chi connectivity index (χ1n) is 3.05. The van der Waals surface area contributed by atoms with Gasteiger partial charge in [-0.3, -0.25) is 0 Å². The fourth-order valence-corrected chi connectivity index (χ4v) is 0.712. The summed E-state index contributed by atoms with van der Waals surface area (Å²) in [5.41, 5.74) is 0. The summed E-state index contributed by atoms with van der Waals surface area (Å²) in [5.74, 6) is 1.70. The summed E-state index contributed by atoms with van der Waals surface area (Å²) < 4.78 is 9.92. The average molecular weight is 155 g/mol. The van der Waals surface area contributed by atoms with Gasteiger partial charge in [0.15, 0.2) is 0 Å². The summed E-state index contributed by atoms with van der Waals surface area (Å²) in [4.78, 5) is 0. The van der Waals surface area contributed by atoms with E-state index in [4.69, 9.17) is 9.47 Å². The predicted octanol–water partition coefficient (Wildman–Crippen LogP) is 1.87. The minimum Gasteiger partial charge on any atom is -0.497 e. The van der Waals surface area contributed by atoms with Crippen LogP contribution in [0.1, 0.15) is 0 Å². The lowest BCUT2D eigenvalue weighted by atomic mass is 10.3. The highest BCUT2D eigenvalue weighted by molar-refractivity contribution is 5.30. The third-order valence-corrected chi connectivity index (χ3v) is 1.30. The zero-order valence-electron chi connectivity index (χ0n) is 6.83. The lowest BCUT2D eigenvalue weighted by Gasteiger charge is -2.00. The molecule has 11 heavy (non-hydrogen) atoms. The topological polar surface area (TPSA) is 53.5 Å². The van der Waals surface area contributed by atoms with Crippen molar-refractivity contribution >= 4 is 0 Å². The molecule has 0 aliphatic carbocycles. The standard InChI is InChI=1S/C8H10O2.H3N/c1-9-7-3-5-8(10-2)6-4-7;/h3-6H,1-2H3;1H3. The molecule has 1 rings (SSSR count). The van der Waals surface area contributed by atoms with E-state index in [1.54, 1.807) is 14.2 Å². The largest absolute Gasteiger partial charge is 0.497 e. The van der Waals surface area contributed by atoms with Gasteiger partial charge in [0, 0.05) is 0 Å². The van der Waals surface area contributed by atoms with Gasteiger partial charge in [-0.1, -0.05) is 0 Å². The van der Waals surface area contributed by atoms with Gasteiger partial charge in [0.25, 0.3) is 0 Å². The second-order valence-corrected chi connectivity index (χ2v) is 1.88. The molecule has 1 aromatic carbocycles. The van der Waals surface area contributed by atoms with Crippen LogP contribution in [0.3, 0.4) is 0 Å². The van der Waals surface area contributed by atoms with Crippen LogP contribution in [0.5, 0.6) is 11.5 Å². The molecule has 0 saturated heterocycles. The zero-order valence-corrected chi connectivity index (χ0v) is 6.83. The molecule has 3 nitrogen and oxygen atoms in total. The Morgan fingerprint density at radius 2 is 1.09 bits per heavy atom. The molecule has 1 aromatic rings. The lowest BCUT2D eigenvalue weighted by Crippen LogP contribution is -1.83. The number of benzene rings is 1. The molecule has 0 fully saturated rings. The Morgan fingerprint density at radius 1 is 0.818 bits per heavy atom.